The number of nitrogens with two attached hydrogens (primary N) is 1. The van der Waals surface area contributed by atoms with Crippen LogP contribution < -0.4 is 11.1 Å². The Morgan fingerprint density at radius 3 is 2.89 bits per heavy atom. The first-order valence-corrected chi connectivity index (χ1v) is 5.95. The van der Waals surface area contributed by atoms with E-state index in [0.29, 0.717) is 13.0 Å². The van der Waals surface area contributed by atoms with E-state index in [-0.39, 0.29) is 11.9 Å². The van der Waals surface area contributed by atoms with Gasteiger partial charge in [-0.2, -0.15) is 0 Å². The van der Waals surface area contributed by atoms with Crippen LogP contribution in [0.3, 0.4) is 0 Å². The molecular formula is C14H19N3O. The average Bonchev–Trinajstić information content (AvgIpc) is 2.43. The lowest BCUT2D eigenvalue weighted by atomic mass is 10.1. The molecule has 0 aromatic heterocycles. The van der Waals surface area contributed by atoms with Gasteiger partial charge in [-0.15, -0.1) is 12.3 Å². The molecule has 0 saturated heterocycles. The molecule has 0 aliphatic rings. The summed E-state index contributed by atoms with van der Waals surface area (Å²) in [6.45, 7) is 2.73. The molecule has 0 saturated carbocycles. The average molecular weight is 245 g/mol. The fourth-order valence-corrected chi connectivity index (χ4v) is 1.74. The summed E-state index contributed by atoms with van der Waals surface area (Å²) in [6, 6.07) is 7.84. The maximum absolute atomic E-state index is 8.74. The third-order valence-corrected chi connectivity index (χ3v) is 2.84. The number of hydrogen-bond donors (Lipinski definition) is 3. The van der Waals surface area contributed by atoms with Crippen LogP contribution in [0.1, 0.15) is 30.9 Å². The monoisotopic (exact) mass is 245 g/mol. The minimum atomic E-state index is 0.123. The zero-order valence-corrected chi connectivity index (χ0v) is 10.6. The van der Waals surface area contributed by atoms with Crippen molar-refractivity contribution < 1.29 is 5.21 Å². The number of benzene rings is 1. The Bertz CT molecular complexity index is 449. The maximum atomic E-state index is 8.74. The molecule has 0 aliphatic carbocycles. The van der Waals surface area contributed by atoms with E-state index in [1.54, 1.807) is 0 Å². The van der Waals surface area contributed by atoms with Crippen LogP contribution in [0.25, 0.3) is 0 Å². The summed E-state index contributed by atoms with van der Waals surface area (Å²) < 4.78 is 0. The Morgan fingerprint density at radius 2 is 2.28 bits per heavy atom. The summed E-state index contributed by atoms with van der Waals surface area (Å²) in [4.78, 5) is 0. The van der Waals surface area contributed by atoms with Crippen LogP contribution in [0.15, 0.2) is 29.4 Å². The van der Waals surface area contributed by atoms with Crippen LogP contribution in [0.2, 0.25) is 0 Å². The third-order valence-electron chi connectivity index (χ3n) is 2.84. The van der Waals surface area contributed by atoms with Crippen molar-refractivity contribution in [2.45, 2.75) is 32.4 Å². The molecule has 0 amide bonds. The van der Waals surface area contributed by atoms with Crippen molar-refractivity contribution in [1.82, 2.24) is 5.32 Å². The second kappa shape index (κ2) is 7.36. The second-order valence-electron chi connectivity index (χ2n) is 4.04. The van der Waals surface area contributed by atoms with Gasteiger partial charge in [-0.1, -0.05) is 36.3 Å². The highest BCUT2D eigenvalue weighted by molar-refractivity contribution is 5.98. The van der Waals surface area contributed by atoms with Crippen molar-refractivity contribution in [2.24, 2.45) is 10.9 Å². The van der Waals surface area contributed by atoms with Crippen molar-refractivity contribution >= 4 is 5.84 Å². The van der Waals surface area contributed by atoms with Gasteiger partial charge in [0, 0.05) is 24.6 Å². The summed E-state index contributed by atoms with van der Waals surface area (Å²) >= 11 is 0. The molecule has 4 nitrogen and oxygen atoms in total. The van der Waals surface area contributed by atoms with Gasteiger partial charge in [0.15, 0.2) is 5.84 Å². The van der Waals surface area contributed by atoms with E-state index in [2.05, 4.69) is 23.3 Å². The van der Waals surface area contributed by atoms with Gasteiger partial charge in [-0.3, -0.25) is 0 Å². The number of rotatable bonds is 6. The van der Waals surface area contributed by atoms with Crippen LogP contribution in [-0.4, -0.2) is 17.1 Å². The van der Waals surface area contributed by atoms with E-state index in [0.717, 1.165) is 17.5 Å². The maximum Gasteiger partial charge on any atom is 0.170 e. The zero-order chi connectivity index (χ0) is 13.4. The first-order valence-electron chi connectivity index (χ1n) is 5.95. The summed E-state index contributed by atoms with van der Waals surface area (Å²) in [5.74, 6) is 2.78. The number of nitrogens with one attached hydrogen (secondary N) is 1. The molecule has 1 unspecified atom stereocenters. The number of nitrogens with zero attached hydrogens (tertiary/aromatic N) is 1. The Hall–Kier alpha value is -1.99. The quantitative estimate of drug-likeness (QED) is 0.235. The number of terminal acetylenes is 1. The third kappa shape index (κ3) is 3.79. The summed E-state index contributed by atoms with van der Waals surface area (Å²) in [5, 5.41) is 15.1. The summed E-state index contributed by atoms with van der Waals surface area (Å²) in [7, 11) is 0. The number of oxime groups is 1. The fraction of sp³-hybridized carbons (Fsp3) is 0.357. The fourth-order valence-electron chi connectivity index (χ4n) is 1.74. The first kappa shape index (κ1) is 14.1. The van der Waals surface area contributed by atoms with Crippen molar-refractivity contribution in [2.75, 3.05) is 0 Å². The highest BCUT2D eigenvalue weighted by atomic mass is 16.4. The molecular weight excluding hydrogens is 226 g/mol. The Balaban J connectivity index is 2.76. The van der Waals surface area contributed by atoms with E-state index in [1.807, 2.05) is 24.3 Å². The predicted molar refractivity (Wildman–Crippen MR) is 73.3 cm³/mol. The van der Waals surface area contributed by atoms with E-state index in [9.17, 15) is 0 Å². The molecule has 0 fully saturated rings. The molecule has 4 heteroatoms. The first-order chi connectivity index (χ1) is 8.72. The van der Waals surface area contributed by atoms with E-state index >= 15 is 0 Å². The Labute approximate surface area is 108 Å². The van der Waals surface area contributed by atoms with Gasteiger partial charge in [0.25, 0.3) is 0 Å². The molecule has 1 rings (SSSR count). The lowest BCUT2D eigenvalue weighted by Gasteiger charge is -2.15. The largest absolute Gasteiger partial charge is 0.409 e. The van der Waals surface area contributed by atoms with E-state index < -0.39 is 0 Å². The smallest absolute Gasteiger partial charge is 0.170 e. The Morgan fingerprint density at radius 1 is 1.56 bits per heavy atom. The van der Waals surface area contributed by atoms with Gasteiger partial charge >= 0.3 is 0 Å². The summed E-state index contributed by atoms with van der Waals surface area (Å²) in [5.41, 5.74) is 7.36. The van der Waals surface area contributed by atoms with Gasteiger partial charge < -0.3 is 16.3 Å². The molecule has 0 heterocycles. The van der Waals surface area contributed by atoms with Crippen LogP contribution >= 0.6 is 0 Å². The number of hydrogen-bond acceptors (Lipinski definition) is 3. The lowest BCUT2D eigenvalue weighted by Crippen LogP contribution is -2.28. The van der Waals surface area contributed by atoms with Gasteiger partial charge in [-0.05, 0) is 12.0 Å². The standard InChI is InChI=1S/C14H19N3O/c1-3-7-12(4-2)16-10-11-8-5-6-9-13(11)14(15)17-18/h1,5-6,8-9,12,16,18H,4,7,10H2,2H3,(H2,15,17). The predicted octanol–water partition coefficient (Wildman–Crippen LogP) is 1.67. The van der Waals surface area contributed by atoms with Crippen molar-refractivity contribution in [3.8, 4) is 12.3 Å². The van der Waals surface area contributed by atoms with Crippen LogP contribution in [0, 0.1) is 12.3 Å². The molecule has 0 spiro atoms. The minimum absolute atomic E-state index is 0.123. The highest BCUT2D eigenvalue weighted by Gasteiger charge is 2.08. The van der Waals surface area contributed by atoms with Crippen molar-refractivity contribution in [1.29, 1.82) is 0 Å². The topological polar surface area (TPSA) is 70.6 Å². The van der Waals surface area contributed by atoms with E-state index in [1.165, 1.54) is 0 Å². The van der Waals surface area contributed by atoms with Crippen LogP contribution in [0.4, 0.5) is 0 Å². The molecule has 1 atom stereocenters. The Kier molecular flexibility index (Phi) is 5.75. The molecule has 1 aromatic carbocycles. The highest BCUT2D eigenvalue weighted by Crippen LogP contribution is 2.09. The molecule has 96 valence electrons. The normalized spacial score (nSPS) is 13.0. The molecule has 0 bridgehead atoms. The minimum Gasteiger partial charge on any atom is -0.409 e. The van der Waals surface area contributed by atoms with Crippen LogP contribution in [-0.2, 0) is 6.54 Å². The SMILES string of the molecule is C#CCC(CC)NCc1ccccc1/C(N)=N/O. The van der Waals surface area contributed by atoms with Crippen molar-refractivity contribution in [3.63, 3.8) is 0 Å². The molecule has 1 aromatic rings. The molecule has 0 radical (unpaired) electrons. The van der Waals surface area contributed by atoms with E-state index in [4.69, 9.17) is 17.4 Å². The lowest BCUT2D eigenvalue weighted by molar-refractivity contribution is 0.318. The second-order valence-corrected chi connectivity index (χ2v) is 4.04. The van der Waals surface area contributed by atoms with Gasteiger partial charge in [0.1, 0.15) is 0 Å². The van der Waals surface area contributed by atoms with Gasteiger partial charge in [0.2, 0.25) is 0 Å². The number of amidine groups is 1. The van der Waals surface area contributed by atoms with Gasteiger partial charge in [0.05, 0.1) is 0 Å². The van der Waals surface area contributed by atoms with Gasteiger partial charge in [-0.25, -0.2) is 0 Å². The molecule has 4 N–H and O–H groups in total. The molecule has 0 aliphatic heterocycles. The zero-order valence-electron chi connectivity index (χ0n) is 10.6. The van der Waals surface area contributed by atoms with Crippen molar-refractivity contribution in [3.05, 3.63) is 35.4 Å². The molecule has 18 heavy (non-hydrogen) atoms. The summed E-state index contributed by atoms with van der Waals surface area (Å²) in [6.07, 6.45) is 6.98. The van der Waals surface area contributed by atoms with Crippen LogP contribution in [0.5, 0.6) is 0 Å².